The van der Waals surface area contributed by atoms with Crippen LogP contribution in [0, 0.1) is 22.0 Å². The van der Waals surface area contributed by atoms with Gasteiger partial charge in [-0.05, 0) is 67.9 Å². The summed E-state index contributed by atoms with van der Waals surface area (Å²) in [6, 6.07) is 22.2. The molecule has 12 heteroatoms. The van der Waals surface area contributed by atoms with Crippen molar-refractivity contribution in [1.82, 2.24) is 15.3 Å². The summed E-state index contributed by atoms with van der Waals surface area (Å²) in [4.78, 5) is 35.3. The third kappa shape index (κ3) is 8.13. The van der Waals surface area contributed by atoms with Gasteiger partial charge in [0.1, 0.15) is 5.82 Å². The van der Waals surface area contributed by atoms with Crippen molar-refractivity contribution in [2.45, 2.75) is 43.0 Å². The monoisotopic (exact) mass is 630 g/mol. The van der Waals surface area contributed by atoms with Crippen molar-refractivity contribution >= 4 is 44.1 Å². The largest absolute Gasteiger partial charge is 0.362 e. The van der Waals surface area contributed by atoms with Crippen molar-refractivity contribution in [1.29, 1.82) is 0 Å². The van der Waals surface area contributed by atoms with Crippen LogP contribution >= 0.6 is 0 Å². The number of nitro benzene ring substituents is 1. The molecule has 11 nitrogen and oxygen atoms in total. The number of benzene rings is 3. The van der Waals surface area contributed by atoms with Crippen LogP contribution in [-0.2, 0) is 21.1 Å². The van der Waals surface area contributed by atoms with E-state index in [1.807, 2.05) is 73.6 Å². The molecule has 0 spiro atoms. The summed E-state index contributed by atoms with van der Waals surface area (Å²) in [6.45, 7) is 0.464. The number of aromatic nitrogens is 2. The highest BCUT2D eigenvalue weighted by Gasteiger charge is 2.29. The van der Waals surface area contributed by atoms with E-state index in [-0.39, 0.29) is 34.9 Å². The van der Waals surface area contributed by atoms with Gasteiger partial charge in [-0.1, -0.05) is 42.5 Å². The number of carbonyl (C=O) groups is 1. The summed E-state index contributed by atoms with van der Waals surface area (Å²) in [5.74, 6) is 0.202. The molecule has 1 aliphatic rings. The Hall–Kier alpha value is -4.58. The predicted molar refractivity (Wildman–Crippen MR) is 175 cm³/mol. The van der Waals surface area contributed by atoms with Gasteiger partial charge < -0.3 is 15.5 Å². The molecule has 0 aliphatic heterocycles. The molecule has 0 unspecified atom stereocenters. The molecule has 1 heterocycles. The second-order valence-corrected chi connectivity index (χ2v) is 13.8. The zero-order valence-corrected chi connectivity index (χ0v) is 26.2. The average molecular weight is 631 g/mol. The molecular formula is C33H38N6O5S. The number of non-ortho nitro benzene ring substituents is 1. The molecule has 0 saturated heterocycles. The summed E-state index contributed by atoms with van der Waals surface area (Å²) in [5.41, 5.74) is 1.55. The Bertz CT molecular complexity index is 1740. The molecule has 1 atom stereocenters. The highest BCUT2D eigenvalue weighted by molar-refractivity contribution is 7.91. The summed E-state index contributed by atoms with van der Waals surface area (Å²) >= 11 is 0. The number of carbonyl (C=O) groups excluding carboxylic acids is 1. The van der Waals surface area contributed by atoms with Crippen LogP contribution in [-0.4, -0.2) is 61.7 Å². The quantitative estimate of drug-likeness (QED) is 0.163. The fraction of sp³-hybridized carbons (Fsp3) is 0.364. The number of sulfone groups is 1. The van der Waals surface area contributed by atoms with E-state index in [0.717, 1.165) is 60.1 Å². The lowest BCUT2D eigenvalue weighted by Crippen LogP contribution is -2.40. The van der Waals surface area contributed by atoms with Crippen LogP contribution in [0.15, 0.2) is 83.8 Å². The van der Waals surface area contributed by atoms with E-state index in [0.29, 0.717) is 12.5 Å². The topological polar surface area (TPSA) is 147 Å². The fourth-order valence-electron chi connectivity index (χ4n) is 5.81. The van der Waals surface area contributed by atoms with Gasteiger partial charge in [0.2, 0.25) is 11.9 Å². The predicted octanol–water partition coefficient (Wildman–Crippen LogP) is 5.02. The number of nitrogens with one attached hydrogen (secondary N) is 2. The Morgan fingerprint density at radius 3 is 2.29 bits per heavy atom. The molecule has 1 amide bonds. The van der Waals surface area contributed by atoms with Crippen LogP contribution in [0.2, 0.25) is 0 Å². The van der Waals surface area contributed by atoms with Crippen molar-refractivity contribution in [2.24, 2.45) is 11.8 Å². The Morgan fingerprint density at radius 1 is 0.956 bits per heavy atom. The molecule has 2 N–H and O–H groups in total. The van der Waals surface area contributed by atoms with Crippen molar-refractivity contribution < 1.29 is 18.1 Å². The molecular weight excluding hydrogens is 592 g/mol. The second-order valence-electron chi connectivity index (χ2n) is 11.8. The summed E-state index contributed by atoms with van der Waals surface area (Å²) in [5, 5.41) is 18.5. The molecule has 4 aromatic rings. The highest BCUT2D eigenvalue weighted by atomic mass is 32.2. The van der Waals surface area contributed by atoms with Gasteiger partial charge in [-0.25, -0.2) is 13.4 Å². The lowest BCUT2D eigenvalue weighted by molar-refractivity contribution is -0.384. The van der Waals surface area contributed by atoms with Gasteiger partial charge in [0.05, 0.1) is 27.0 Å². The number of para-hydroxylation sites is 1. The molecule has 1 aliphatic carbocycles. The van der Waals surface area contributed by atoms with E-state index < -0.39 is 26.4 Å². The van der Waals surface area contributed by atoms with Gasteiger partial charge >= 0.3 is 0 Å². The summed E-state index contributed by atoms with van der Waals surface area (Å²) in [7, 11) is 0.0554. The van der Waals surface area contributed by atoms with Crippen LogP contribution < -0.4 is 15.5 Å². The van der Waals surface area contributed by atoms with Gasteiger partial charge in [0, 0.05) is 44.2 Å². The number of amides is 1. The number of nitrogens with zero attached hydrogens (tertiary/aromatic N) is 4. The first kappa shape index (κ1) is 31.8. The smallest absolute Gasteiger partial charge is 0.269 e. The van der Waals surface area contributed by atoms with Crippen LogP contribution in [0.25, 0.3) is 10.9 Å². The van der Waals surface area contributed by atoms with E-state index in [9.17, 15) is 23.3 Å². The lowest BCUT2D eigenvalue weighted by Gasteiger charge is -2.30. The number of anilines is 2. The average Bonchev–Trinajstić information content (AvgIpc) is 3.04. The SMILES string of the molecule is CN(C)c1nc(N[C@H]2CC[C@@H](CNC(=O)[C@H](Cc3ccccc3)CS(=O)(=O)c3ccc([N+](=O)[O-])cc3)CC2)nc2ccccc12. The minimum atomic E-state index is -3.88. The van der Waals surface area contributed by atoms with Crippen LogP contribution in [0.1, 0.15) is 31.2 Å². The van der Waals surface area contributed by atoms with E-state index in [4.69, 9.17) is 9.97 Å². The van der Waals surface area contributed by atoms with Crippen molar-refractivity contribution in [3.8, 4) is 0 Å². The molecule has 1 aromatic heterocycles. The summed E-state index contributed by atoms with van der Waals surface area (Å²) in [6.07, 6.45) is 3.86. The first-order valence-electron chi connectivity index (χ1n) is 15.1. The Morgan fingerprint density at radius 2 is 1.62 bits per heavy atom. The second kappa shape index (κ2) is 14.0. The molecule has 3 aromatic carbocycles. The molecule has 0 radical (unpaired) electrons. The number of hydrogen-bond donors (Lipinski definition) is 2. The minimum absolute atomic E-state index is 0.0436. The third-order valence-electron chi connectivity index (χ3n) is 8.27. The van der Waals surface area contributed by atoms with E-state index in [2.05, 4.69) is 10.6 Å². The van der Waals surface area contributed by atoms with Gasteiger partial charge in [-0.3, -0.25) is 14.9 Å². The summed E-state index contributed by atoms with van der Waals surface area (Å²) < 4.78 is 26.5. The number of hydrogen-bond acceptors (Lipinski definition) is 9. The number of nitro groups is 1. The first-order valence-corrected chi connectivity index (χ1v) is 16.7. The van der Waals surface area contributed by atoms with Crippen LogP contribution in [0.5, 0.6) is 0 Å². The molecule has 236 valence electrons. The van der Waals surface area contributed by atoms with Gasteiger partial charge in [-0.2, -0.15) is 4.98 Å². The van der Waals surface area contributed by atoms with Crippen molar-refractivity contribution in [2.75, 3.05) is 36.6 Å². The Labute approximate surface area is 263 Å². The van der Waals surface area contributed by atoms with Crippen LogP contribution in [0.3, 0.4) is 0 Å². The maximum absolute atomic E-state index is 13.4. The zero-order valence-electron chi connectivity index (χ0n) is 25.4. The Balaban J connectivity index is 1.19. The van der Waals surface area contributed by atoms with E-state index in [1.165, 1.54) is 12.1 Å². The van der Waals surface area contributed by atoms with Gasteiger partial charge in [0.15, 0.2) is 9.84 Å². The standard InChI is InChI=1S/C33H38N6O5S/c1-38(2)31-29-10-6-7-11-30(29)36-33(37-31)35-26-14-12-24(13-15-26)21-34-32(40)25(20-23-8-4-3-5-9-23)22-45(43,44)28-18-16-27(17-19-28)39(41)42/h3-11,16-19,24-26H,12-15,20-22H2,1-2H3,(H,34,40)(H,35,36,37)/t24-,25-,26+/m1/s1. The lowest BCUT2D eigenvalue weighted by atomic mass is 9.86. The van der Waals surface area contributed by atoms with Crippen LogP contribution in [0.4, 0.5) is 17.5 Å². The maximum atomic E-state index is 13.4. The van der Waals surface area contributed by atoms with E-state index >= 15 is 0 Å². The molecule has 1 fully saturated rings. The van der Waals surface area contributed by atoms with Gasteiger partial charge in [0.25, 0.3) is 5.69 Å². The number of rotatable bonds is 12. The minimum Gasteiger partial charge on any atom is -0.362 e. The zero-order chi connectivity index (χ0) is 32.0. The molecule has 0 bridgehead atoms. The third-order valence-corrected chi connectivity index (χ3v) is 10.1. The number of fused-ring (bicyclic) bond motifs is 1. The normalized spacial score (nSPS) is 17.4. The van der Waals surface area contributed by atoms with Crippen molar-refractivity contribution in [3.63, 3.8) is 0 Å². The van der Waals surface area contributed by atoms with Gasteiger partial charge in [-0.15, -0.1) is 0 Å². The molecule has 1 saturated carbocycles. The first-order chi connectivity index (χ1) is 21.6. The molecule has 5 rings (SSSR count). The van der Waals surface area contributed by atoms with E-state index in [1.54, 1.807) is 0 Å². The highest BCUT2D eigenvalue weighted by Crippen LogP contribution is 2.28. The maximum Gasteiger partial charge on any atom is 0.269 e. The Kier molecular flexibility index (Phi) is 9.92. The molecule has 45 heavy (non-hydrogen) atoms. The fourth-order valence-corrected chi connectivity index (χ4v) is 7.35. The van der Waals surface area contributed by atoms with Crippen molar-refractivity contribution in [3.05, 3.63) is 94.5 Å².